The van der Waals surface area contributed by atoms with E-state index >= 15 is 0 Å². The Morgan fingerprint density at radius 3 is 2.74 bits per heavy atom. The van der Waals surface area contributed by atoms with Crippen molar-refractivity contribution in [3.63, 3.8) is 0 Å². The van der Waals surface area contributed by atoms with E-state index in [9.17, 15) is 4.79 Å². The summed E-state index contributed by atoms with van der Waals surface area (Å²) in [5.41, 5.74) is 3.06. The quantitative estimate of drug-likeness (QED) is 0.778. The zero-order valence-electron chi connectivity index (χ0n) is 11.5. The lowest BCUT2D eigenvalue weighted by atomic mass is 9.81. The molecule has 0 spiro atoms. The van der Waals surface area contributed by atoms with Gasteiger partial charge < -0.3 is 0 Å². The summed E-state index contributed by atoms with van der Waals surface area (Å²) in [5.74, 6) is 0. The maximum Gasteiger partial charge on any atom is 0.160 e. The highest BCUT2D eigenvalue weighted by atomic mass is 32.1. The van der Waals surface area contributed by atoms with Crippen LogP contribution in [0.15, 0.2) is 17.5 Å². The fourth-order valence-electron chi connectivity index (χ4n) is 3.34. The maximum absolute atomic E-state index is 10.8. The van der Waals surface area contributed by atoms with Gasteiger partial charge in [0, 0.05) is 5.54 Å². The number of hydrogen-bond acceptors (Lipinski definition) is 3. The van der Waals surface area contributed by atoms with E-state index in [1.807, 2.05) is 6.07 Å². The van der Waals surface area contributed by atoms with Crippen molar-refractivity contribution in [2.24, 2.45) is 0 Å². The van der Waals surface area contributed by atoms with Crippen LogP contribution < -0.4 is 0 Å². The van der Waals surface area contributed by atoms with Gasteiger partial charge in [0.05, 0.1) is 4.88 Å². The van der Waals surface area contributed by atoms with Crippen LogP contribution in [0.25, 0.3) is 5.57 Å². The van der Waals surface area contributed by atoms with E-state index in [4.69, 9.17) is 0 Å². The summed E-state index contributed by atoms with van der Waals surface area (Å²) in [4.78, 5) is 14.3. The maximum atomic E-state index is 10.8. The number of aldehydes is 1. The molecule has 0 radical (unpaired) electrons. The fourth-order valence-corrected chi connectivity index (χ4v) is 4.07. The third-order valence-electron chi connectivity index (χ3n) is 4.70. The van der Waals surface area contributed by atoms with E-state index < -0.39 is 0 Å². The average molecular weight is 275 g/mol. The third-order valence-corrected chi connectivity index (χ3v) is 5.56. The van der Waals surface area contributed by atoms with Crippen LogP contribution in [0.3, 0.4) is 0 Å². The number of nitrogens with zero attached hydrogens (tertiary/aromatic N) is 1. The first-order valence-electron chi connectivity index (χ1n) is 7.19. The first-order chi connectivity index (χ1) is 9.21. The summed E-state index contributed by atoms with van der Waals surface area (Å²) in [6, 6.07) is 2.03. The molecule has 1 aromatic heterocycles. The van der Waals surface area contributed by atoms with Crippen molar-refractivity contribution in [3.8, 4) is 0 Å². The summed E-state index contributed by atoms with van der Waals surface area (Å²) < 4.78 is 0. The second-order valence-corrected chi connectivity index (χ2v) is 6.92. The highest BCUT2D eigenvalue weighted by molar-refractivity contribution is 7.11. The number of likely N-dealkylation sites (tertiary alicyclic amines) is 1. The van der Waals surface area contributed by atoms with Gasteiger partial charge in [0.2, 0.25) is 0 Å². The number of allylic oxidation sites excluding steroid dienone is 1. The molecule has 0 saturated carbocycles. The summed E-state index contributed by atoms with van der Waals surface area (Å²) in [5, 5.41) is 2.12. The van der Waals surface area contributed by atoms with Crippen LogP contribution in [0.5, 0.6) is 0 Å². The molecule has 1 aliphatic heterocycles. The number of thiophene rings is 1. The van der Waals surface area contributed by atoms with Crippen LogP contribution >= 0.6 is 11.3 Å². The van der Waals surface area contributed by atoms with E-state index in [0.717, 1.165) is 24.0 Å². The van der Waals surface area contributed by atoms with Gasteiger partial charge in [-0.3, -0.25) is 9.69 Å². The molecular weight excluding hydrogens is 254 g/mol. The SMILES string of the molecule is CC1(N2CCCC2)CC=C(c2csc(C=O)c2)CC1. The van der Waals surface area contributed by atoms with Crippen LogP contribution in [0, 0.1) is 0 Å². The van der Waals surface area contributed by atoms with Gasteiger partial charge in [-0.2, -0.15) is 0 Å². The van der Waals surface area contributed by atoms with Gasteiger partial charge in [-0.15, -0.1) is 11.3 Å². The van der Waals surface area contributed by atoms with Gasteiger partial charge in [-0.25, -0.2) is 0 Å². The Hall–Kier alpha value is -0.930. The molecule has 2 nitrogen and oxygen atoms in total. The minimum atomic E-state index is 0.365. The molecule has 3 rings (SSSR count). The zero-order valence-corrected chi connectivity index (χ0v) is 12.3. The van der Waals surface area contributed by atoms with Crippen molar-refractivity contribution in [2.75, 3.05) is 13.1 Å². The standard InChI is InChI=1S/C16H21NOS/c1-16(17-8-2-3-9-17)6-4-13(5-7-16)14-10-15(11-18)19-12-14/h4,10-12H,2-3,5-9H2,1H3. The normalized spacial score (nSPS) is 28.4. The zero-order chi connectivity index (χ0) is 13.3. The van der Waals surface area contributed by atoms with Crippen molar-refractivity contribution in [3.05, 3.63) is 28.0 Å². The van der Waals surface area contributed by atoms with Gasteiger partial charge in [0.25, 0.3) is 0 Å². The van der Waals surface area contributed by atoms with Crippen molar-refractivity contribution in [2.45, 2.75) is 44.6 Å². The van der Waals surface area contributed by atoms with Crippen LogP contribution in [-0.2, 0) is 0 Å². The Morgan fingerprint density at radius 1 is 1.37 bits per heavy atom. The van der Waals surface area contributed by atoms with Gasteiger partial charge in [0.15, 0.2) is 6.29 Å². The summed E-state index contributed by atoms with van der Waals surface area (Å²) in [6.45, 7) is 4.96. The Morgan fingerprint density at radius 2 is 2.16 bits per heavy atom. The molecule has 2 heterocycles. The highest BCUT2D eigenvalue weighted by Gasteiger charge is 2.34. The van der Waals surface area contributed by atoms with Crippen LogP contribution in [0.4, 0.5) is 0 Å². The third kappa shape index (κ3) is 2.54. The molecule has 102 valence electrons. The average Bonchev–Trinajstić information content (AvgIpc) is 3.11. The topological polar surface area (TPSA) is 20.3 Å². The lowest BCUT2D eigenvalue weighted by Gasteiger charge is -2.41. The summed E-state index contributed by atoms with van der Waals surface area (Å²) in [7, 11) is 0. The number of carbonyl (C=O) groups excluding carboxylic acids is 1. The Kier molecular flexibility index (Phi) is 3.59. The van der Waals surface area contributed by atoms with Gasteiger partial charge in [-0.05, 0) is 74.7 Å². The molecule has 2 aliphatic rings. The Bertz CT molecular complexity index is 499. The first-order valence-corrected chi connectivity index (χ1v) is 8.07. The van der Waals surface area contributed by atoms with Crippen molar-refractivity contribution >= 4 is 23.2 Å². The van der Waals surface area contributed by atoms with Crippen molar-refractivity contribution < 1.29 is 4.79 Å². The molecule has 1 atom stereocenters. The van der Waals surface area contributed by atoms with Gasteiger partial charge in [0.1, 0.15) is 0 Å². The molecule has 0 amide bonds. The van der Waals surface area contributed by atoms with Gasteiger partial charge in [-0.1, -0.05) is 6.08 Å². The monoisotopic (exact) mass is 275 g/mol. The molecule has 1 fully saturated rings. The second kappa shape index (κ2) is 5.22. The molecule has 1 aliphatic carbocycles. The minimum absolute atomic E-state index is 0.365. The largest absolute Gasteiger partial charge is 0.298 e. The lowest BCUT2D eigenvalue weighted by Crippen LogP contribution is -2.45. The lowest BCUT2D eigenvalue weighted by molar-refractivity contribution is 0.112. The number of hydrogen-bond donors (Lipinski definition) is 0. The summed E-state index contributed by atoms with van der Waals surface area (Å²) in [6.07, 6.45) is 9.60. The van der Waals surface area contributed by atoms with Crippen LogP contribution in [0.2, 0.25) is 0 Å². The van der Waals surface area contributed by atoms with Gasteiger partial charge >= 0.3 is 0 Å². The second-order valence-electron chi connectivity index (χ2n) is 5.98. The van der Waals surface area contributed by atoms with Crippen LogP contribution in [-0.4, -0.2) is 29.8 Å². The van der Waals surface area contributed by atoms with E-state index in [2.05, 4.69) is 23.3 Å². The molecule has 0 bridgehead atoms. The molecule has 1 unspecified atom stereocenters. The summed E-state index contributed by atoms with van der Waals surface area (Å²) >= 11 is 1.55. The van der Waals surface area contributed by atoms with E-state index in [1.54, 1.807) is 11.3 Å². The van der Waals surface area contributed by atoms with E-state index in [-0.39, 0.29) is 0 Å². The molecule has 0 aromatic carbocycles. The predicted molar refractivity (Wildman–Crippen MR) is 80.7 cm³/mol. The van der Waals surface area contributed by atoms with Crippen molar-refractivity contribution in [1.29, 1.82) is 0 Å². The van der Waals surface area contributed by atoms with Crippen LogP contribution in [0.1, 0.15) is 54.3 Å². The molecule has 19 heavy (non-hydrogen) atoms. The Labute approximate surface area is 119 Å². The fraction of sp³-hybridized carbons (Fsp3) is 0.562. The minimum Gasteiger partial charge on any atom is -0.298 e. The van der Waals surface area contributed by atoms with E-state index in [1.165, 1.54) is 43.5 Å². The Balaban J connectivity index is 1.74. The molecule has 1 saturated heterocycles. The number of carbonyl (C=O) groups is 1. The highest BCUT2D eigenvalue weighted by Crippen LogP contribution is 2.38. The first kappa shape index (κ1) is 13.1. The molecule has 1 aromatic rings. The van der Waals surface area contributed by atoms with Crippen molar-refractivity contribution in [1.82, 2.24) is 4.90 Å². The smallest absolute Gasteiger partial charge is 0.160 e. The molecule has 0 N–H and O–H groups in total. The molecule has 3 heteroatoms. The molecular formula is C16H21NOS. The number of rotatable bonds is 3. The van der Waals surface area contributed by atoms with E-state index in [0.29, 0.717) is 5.54 Å². The predicted octanol–water partition coefficient (Wildman–Crippen LogP) is 3.98.